The highest BCUT2D eigenvalue weighted by Crippen LogP contribution is 2.10. The van der Waals surface area contributed by atoms with Crippen molar-refractivity contribution >= 4 is 17.6 Å². The minimum absolute atomic E-state index is 0.0275. The highest BCUT2D eigenvalue weighted by Gasteiger charge is 2.15. The number of H-pyrrole nitrogens is 1. The molecule has 0 unspecified atom stereocenters. The molecule has 106 valence electrons. The minimum atomic E-state index is -1.01. The largest absolute Gasteiger partial charge is 0.480 e. The van der Waals surface area contributed by atoms with E-state index in [1.807, 2.05) is 13.8 Å². The van der Waals surface area contributed by atoms with Gasteiger partial charge in [-0.3, -0.25) is 19.4 Å². The van der Waals surface area contributed by atoms with Crippen molar-refractivity contribution in [1.82, 2.24) is 25.0 Å². The van der Waals surface area contributed by atoms with Crippen LogP contribution in [0.4, 0.5) is 5.69 Å². The maximum absolute atomic E-state index is 11.9. The number of rotatable bonds is 5. The van der Waals surface area contributed by atoms with Crippen molar-refractivity contribution < 1.29 is 14.7 Å². The number of carboxylic acids is 1. The Kier molecular flexibility index (Phi) is 3.78. The van der Waals surface area contributed by atoms with Gasteiger partial charge in [-0.25, -0.2) is 4.98 Å². The van der Waals surface area contributed by atoms with Gasteiger partial charge in [0, 0.05) is 12.1 Å². The Morgan fingerprint density at radius 1 is 1.50 bits per heavy atom. The Morgan fingerprint density at radius 3 is 2.85 bits per heavy atom. The summed E-state index contributed by atoms with van der Waals surface area (Å²) in [5, 5.41) is 21.5. The lowest BCUT2D eigenvalue weighted by Gasteiger charge is -1.98. The van der Waals surface area contributed by atoms with Crippen molar-refractivity contribution in [2.45, 2.75) is 26.3 Å². The van der Waals surface area contributed by atoms with Gasteiger partial charge in [-0.1, -0.05) is 13.8 Å². The van der Waals surface area contributed by atoms with Crippen LogP contribution in [0, 0.1) is 0 Å². The Balaban J connectivity index is 2.03. The molecule has 20 heavy (non-hydrogen) atoms. The number of anilines is 1. The quantitative estimate of drug-likeness (QED) is 0.729. The van der Waals surface area contributed by atoms with Crippen LogP contribution in [0.1, 0.15) is 36.2 Å². The van der Waals surface area contributed by atoms with E-state index in [2.05, 4.69) is 25.6 Å². The molecule has 1 amide bonds. The normalized spacial score (nSPS) is 10.8. The predicted molar refractivity (Wildman–Crippen MR) is 68.3 cm³/mol. The molecule has 0 aliphatic heterocycles. The molecule has 0 spiro atoms. The standard InChI is InChI=1S/C11H14N6O3/c1-6(2)9-14-10(16-15-9)11(20)13-7-3-12-17(4-7)5-8(18)19/h3-4,6H,5H2,1-2H3,(H,13,20)(H,18,19)(H,14,15,16). The van der Waals surface area contributed by atoms with Crippen LogP contribution in [0.15, 0.2) is 12.4 Å². The second-order valence-electron chi connectivity index (χ2n) is 4.47. The van der Waals surface area contributed by atoms with E-state index < -0.39 is 11.9 Å². The van der Waals surface area contributed by atoms with Crippen LogP contribution in [-0.4, -0.2) is 41.9 Å². The van der Waals surface area contributed by atoms with Crippen LogP contribution in [0.5, 0.6) is 0 Å². The summed E-state index contributed by atoms with van der Waals surface area (Å²) < 4.78 is 1.20. The van der Waals surface area contributed by atoms with Gasteiger partial charge in [0.15, 0.2) is 0 Å². The van der Waals surface area contributed by atoms with Gasteiger partial charge < -0.3 is 10.4 Å². The van der Waals surface area contributed by atoms with Crippen molar-refractivity contribution in [2.75, 3.05) is 5.32 Å². The first-order chi connectivity index (χ1) is 9.45. The van der Waals surface area contributed by atoms with Crippen LogP contribution in [-0.2, 0) is 11.3 Å². The average Bonchev–Trinajstić information content (AvgIpc) is 2.97. The summed E-state index contributed by atoms with van der Waals surface area (Å²) in [5.41, 5.74) is 0.382. The molecule has 0 radical (unpaired) electrons. The zero-order chi connectivity index (χ0) is 14.7. The lowest BCUT2D eigenvalue weighted by Crippen LogP contribution is -2.13. The summed E-state index contributed by atoms with van der Waals surface area (Å²) >= 11 is 0. The maximum atomic E-state index is 11.9. The van der Waals surface area contributed by atoms with Gasteiger partial charge in [0.25, 0.3) is 5.91 Å². The minimum Gasteiger partial charge on any atom is -0.480 e. The van der Waals surface area contributed by atoms with Crippen molar-refractivity contribution in [3.05, 3.63) is 24.0 Å². The lowest BCUT2D eigenvalue weighted by molar-refractivity contribution is -0.137. The predicted octanol–water partition coefficient (Wildman–Crippen LogP) is 0.461. The molecule has 2 aromatic heterocycles. The number of aromatic amines is 1. The average molecular weight is 278 g/mol. The molecule has 0 aromatic carbocycles. The van der Waals surface area contributed by atoms with E-state index in [9.17, 15) is 9.59 Å². The topological polar surface area (TPSA) is 126 Å². The Hall–Kier alpha value is -2.71. The SMILES string of the molecule is CC(C)c1nc(C(=O)Nc2cnn(CC(=O)O)c2)n[nH]1. The fraction of sp³-hybridized carbons (Fsp3) is 0.364. The number of carbonyl (C=O) groups excluding carboxylic acids is 1. The zero-order valence-corrected chi connectivity index (χ0v) is 11.0. The summed E-state index contributed by atoms with van der Waals surface area (Å²) in [6, 6.07) is 0. The van der Waals surface area contributed by atoms with Gasteiger partial charge in [-0.2, -0.15) is 5.10 Å². The molecular weight excluding hydrogens is 264 g/mol. The molecule has 3 N–H and O–H groups in total. The molecule has 0 atom stereocenters. The first-order valence-corrected chi connectivity index (χ1v) is 5.93. The zero-order valence-electron chi connectivity index (χ0n) is 11.0. The number of nitrogens with one attached hydrogen (secondary N) is 2. The molecule has 0 aliphatic carbocycles. The molecule has 0 saturated carbocycles. The fourth-order valence-electron chi connectivity index (χ4n) is 1.47. The van der Waals surface area contributed by atoms with E-state index >= 15 is 0 Å². The van der Waals surface area contributed by atoms with Crippen LogP contribution in [0.25, 0.3) is 0 Å². The molecule has 0 fully saturated rings. The molecule has 0 bridgehead atoms. The molecule has 2 heterocycles. The molecule has 2 aromatic rings. The van der Waals surface area contributed by atoms with E-state index in [-0.39, 0.29) is 18.3 Å². The van der Waals surface area contributed by atoms with Gasteiger partial charge in [0.05, 0.1) is 11.9 Å². The second-order valence-corrected chi connectivity index (χ2v) is 4.47. The summed E-state index contributed by atoms with van der Waals surface area (Å²) in [4.78, 5) is 26.4. The van der Waals surface area contributed by atoms with Gasteiger partial charge in [-0.05, 0) is 0 Å². The van der Waals surface area contributed by atoms with E-state index in [1.54, 1.807) is 0 Å². The number of aliphatic carboxylic acids is 1. The van der Waals surface area contributed by atoms with Crippen molar-refractivity contribution in [3.63, 3.8) is 0 Å². The van der Waals surface area contributed by atoms with E-state index in [0.29, 0.717) is 11.5 Å². The monoisotopic (exact) mass is 278 g/mol. The Morgan fingerprint density at radius 2 is 2.25 bits per heavy atom. The van der Waals surface area contributed by atoms with Gasteiger partial charge in [-0.15, -0.1) is 5.10 Å². The third-order valence-electron chi connectivity index (χ3n) is 2.44. The van der Waals surface area contributed by atoms with Crippen LogP contribution < -0.4 is 5.32 Å². The first kappa shape index (κ1) is 13.7. The highest BCUT2D eigenvalue weighted by molar-refractivity contribution is 6.01. The molecule has 9 nitrogen and oxygen atoms in total. The summed E-state index contributed by atoms with van der Waals surface area (Å²) in [7, 11) is 0. The number of carboxylic acid groups (broad SMARTS) is 1. The summed E-state index contributed by atoms with van der Waals surface area (Å²) in [6.07, 6.45) is 2.78. The first-order valence-electron chi connectivity index (χ1n) is 5.93. The highest BCUT2D eigenvalue weighted by atomic mass is 16.4. The molecular formula is C11H14N6O3. The lowest BCUT2D eigenvalue weighted by atomic mass is 10.2. The smallest absolute Gasteiger partial charge is 0.325 e. The summed E-state index contributed by atoms with van der Waals surface area (Å²) in [5.74, 6) is -0.705. The number of carbonyl (C=O) groups is 2. The molecule has 0 aliphatic rings. The number of amides is 1. The second kappa shape index (κ2) is 5.51. The number of hydrogen-bond donors (Lipinski definition) is 3. The number of aromatic nitrogens is 5. The van der Waals surface area contributed by atoms with Gasteiger partial charge >= 0.3 is 5.97 Å². The third kappa shape index (κ3) is 3.19. The maximum Gasteiger partial charge on any atom is 0.325 e. The van der Waals surface area contributed by atoms with Gasteiger partial charge in [0.2, 0.25) is 5.82 Å². The van der Waals surface area contributed by atoms with Gasteiger partial charge in [0.1, 0.15) is 12.4 Å². The van der Waals surface area contributed by atoms with Crippen LogP contribution in [0.3, 0.4) is 0 Å². The number of hydrogen-bond acceptors (Lipinski definition) is 5. The Labute approximate surface area is 114 Å². The number of nitrogens with zero attached hydrogens (tertiary/aromatic N) is 4. The molecule has 2 rings (SSSR count). The van der Waals surface area contributed by atoms with E-state index in [1.165, 1.54) is 17.1 Å². The fourth-order valence-corrected chi connectivity index (χ4v) is 1.47. The van der Waals surface area contributed by atoms with E-state index in [0.717, 1.165) is 0 Å². The van der Waals surface area contributed by atoms with Crippen LogP contribution >= 0.6 is 0 Å². The Bertz CT molecular complexity index is 630. The third-order valence-corrected chi connectivity index (χ3v) is 2.44. The van der Waals surface area contributed by atoms with Crippen molar-refractivity contribution in [2.24, 2.45) is 0 Å². The molecule has 9 heteroatoms. The van der Waals surface area contributed by atoms with E-state index in [4.69, 9.17) is 5.11 Å². The van der Waals surface area contributed by atoms with Crippen molar-refractivity contribution in [3.8, 4) is 0 Å². The molecule has 0 saturated heterocycles. The van der Waals surface area contributed by atoms with Crippen LogP contribution in [0.2, 0.25) is 0 Å². The summed E-state index contributed by atoms with van der Waals surface area (Å²) in [6.45, 7) is 3.59. The van der Waals surface area contributed by atoms with Crippen molar-refractivity contribution in [1.29, 1.82) is 0 Å².